The minimum Gasteiger partial charge on any atom is -0.355 e. The molecule has 0 bridgehead atoms. The standard InChI is InChI=1S/C17H19FN2O2/c18-14-8-6-13(7-9-14)16-10-15(20-22-16)17(21)19-11-12-4-2-1-3-5-12/h6-10,12H,1-5,11H2,(H,19,21). The Kier molecular flexibility index (Phi) is 4.51. The van der Waals surface area contributed by atoms with E-state index in [1.165, 1.54) is 44.2 Å². The fourth-order valence-corrected chi connectivity index (χ4v) is 2.85. The fourth-order valence-electron chi connectivity index (χ4n) is 2.85. The molecule has 0 spiro atoms. The first kappa shape index (κ1) is 14.8. The molecule has 1 amide bonds. The summed E-state index contributed by atoms with van der Waals surface area (Å²) in [6.45, 7) is 0.692. The zero-order valence-electron chi connectivity index (χ0n) is 12.3. The third-order valence-corrected chi connectivity index (χ3v) is 4.15. The first-order valence-electron chi connectivity index (χ1n) is 7.73. The molecule has 0 unspecified atom stereocenters. The lowest BCUT2D eigenvalue weighted by Gasteiger charge is -2.21. The summed E-state index contributed by atoms with van der Waals surface area (Å²) in [5.41, 5.74) is 0.954. The van der Waals surface area contributed by atoms with Crippen molar-refractivity contribution in [3.05, 3.63) is 41.8 Å². The number of nitrogens with one attached hydrogen (secondary N) is 1. The van der Waals surface area contributed by atoms with Gasteiger partial charge in [0.05, 0.1) is 0 Å². The number of amides is 1. The molecular weight excluding hydrogens is 283 g/mol. The number of aromatic nitrogens is 1. The van der Waals surface area contributed by atoms with Gasteiger partial charge in [-0.3, -0.25) is 4.79 Å². The van der Waals surface area contributed by atoms with Crippen molar-refractivity contribution in [1.82, 2.24) is 10.5 Å². The summed E-state index contributed by atoms with van der Waals surface area (Å²) in [7, 11) is 0. The van der Waals surface area contributed by atoms with Crippen molar-refractivity contribution in [1.29, 1.82) is 0 Å². The van der Waals surface area contributed by atoms with Crippen LogP contribution in [0.1, 0.15) is 42.6 Å². The van der Waals surface area contributed by atoms with Crippen molar-refractivity contribution < 1.29 is 13.7 Å². The monoisotopic (exact) mass is 302 g/mol. The van der Waals surface area contributed by atoms with Gasteiger partial charge in [0.25, 0.3) is 5.91 Å². The molecule has 0 saturated heterocycles. The smallest absolute Gasteiger partial charge is 0.273 e. The highest BCUT2D eigenvalue weighted by Crippen LogP contribution is 2.23. The molecule has 0 atom stereocenters. The number of benzene rings is 1. The van der Waals surface area contributed by atoms with Crippen LogP contribution < -0.4 is 5.32 Å². The van der Waals surface area contributed by atoms with Crippen LogP contribution in [0.3, 0.4) is 0 Å². The van der Waals surface area contributed by atoms with Crippen LogP contribution in [0, 0.1) is 11.7 Å². The Hall–Kier alpha value is -2.17. The zero-order chi connectivity index (χ0) is 15.4. The van der Waals surface area contributed by atoms with Crippen LogP contribution in [-0.4, -0.2) is 17.6 Å². The Labute approximate surface area is 128 Å². The maximum atomic E-state index is 12.9. The maximum Gasteiger partial charge on any atom is 0.273 e. The lowest BCUT2D eigenvalue weighted by molar-refractivity contribution is 0.0934. The SMILES string of the molecule is O=C(NCC1CCCCC1)c1cc(-c2ccc(F)cc2)on1. The molecule has 1 aromatic carbocycles. The number of hydrogen-bond acceptors (Lipinski definition) is 3. The van der Waals surface area contributed by atoms with Crippen LogP contribution in [0.15, 0.2) is 34.9 Å². The van der Waals surface area contributed by atoms with Gasteiger partial charge in [-0.15, -0.1) is 0 Å². The molecule has 2 aromatic rings. The summed E-state index contributed by atoms with van der Waals surface area (Å²) in [5, 5.41) is 6.72. The highest BCUT2D eigenvalue weighted by molar-refractivity contribution is 5.93. The molecule has 5 heteroatoms. The summed E-state index contributed by atoms with van der Waals surface area (Å²) < 4.78 is 18.1. The van der Waals surface area contributed by atoms with E-state index in [1.807, 2.05) is 0 Å². The molecular formula is C17H19FN2O2. The minimum atomic E-state index is -0.311. The first-order chi connectivity index (χ1) is 10.7. The predicted octanol–water partition coefficient (Wildman–Crippen LogP) is 3.79. The molecule has 3 rings (SSSR count). The fraction of sp³-hybridized carbons (Fsp3) is 0.412. The molecule has 0 radical (unpaired) electrons. The molecule has 22 heavy (non-hydrogen) atoms. The van der Waals surface area contributed by atoms with E-state index in [1.54, 1.807) is 18.2 Å². The Bertz CT molecular complexity index is 630. The number of carbonyl (C=O) groups excluding carboxylic acids is 1. The summed E-state index contributed by atoms with van der Waals surface area (Å²) in [6, 6.07) is 7.48. The number of hydrogen-bond donors (Lipinski definition) is 1. The molecule has 0 aliphatic heterocycles. The molecule has 1 fully saturated rings. The summed E-state index contributed by atoms with van der Waals surface area (Å²) in [5.74, 6) is 0.500. The van der Waals surface area contributed by atoms with Gasteiger partial charge in [-0.25, -0.2) is 4.39 Å². The molecule has 1 aliphatic rings. The van der Waals surface area contributed by atoms with Crippen LogP contribution in [0.5, 0.6) is 0 Å². The van der Waals surface area contributed by atoms with E-state index in [2.05, 4.69) is 10.5 Å². The molecule has 1 heterocycles. The zero-order valence-corrected chi connectivity index (χ0v) is 12.3. The molecule has 1 aliphatic carbocycles. The minimum absolute atomic E-state index is 0.220. The average Bonchev–Trinajstić information content (AvgIpc) is 3.04. The van der Waals surface area contributed by atoms with E-state index >= 15 is 0 Å². The van der Waals surface area contributed by atoms with Crippen molar-refractivity contribution in [2.24, 2.45) is 5.92 Å². The van der Waals surface area contributed by atoms with E-state index in [0.29, 0.717) is 23.8 Å². The van der Waals surface area contributed by atoms with Gasteiger partial charge < -0.3 is 9.84 Å². The third-order valence-electron chi connectivity index (χ3n) is 4.15. The third kappa shape index (κ3) is 3.53. The highest BCUT2D eigenvalue weighted by Gasteiger charge is 2.17. The second-order valence-corrected chi connectivity index (χ2v) is 5.80. The van der Waals surface area contributed by atoms with Crippen molar-refractivity contribution in [2.45, 2.75) is 32.1 Å². The van der Waals surface area contributed by atoms with E-state index in [0.717, 1.165) is 0 Å². The van der Waals surface area contributed by atoms with Crippen molar-refractivity contribution >= 4 is 5.91 Å². The van der Waals surface area contributed by atoms with Crippen LogP contribution in [0.2, 0.25) is 0 Å². The maximum absolute atomic E-state index is 12.9. The van der Waals surface area contributed by atoms with Gasteiger partial charge >= 0.3 is 0 Å². The lowest BCUT2D eigenvalue weighted by atomic mass is 9.89. The topological polar surface area (TPSA) is 55.1 Å². The Balaban J connectivity index is 1.60. The number of rotatable bonds is 4. The van der Waals surface area contributed by atoms with Gasteiger partial charge in [-0.2, -0.15) is 0 Å². The largest absolute Gasteiger partial charge is 0.355 e. The normalized spacial score (nSPS) is 15.7. The molecule has 1 aromatic heterocycles. The van der Waals surface area contributed by atoms with Gasteiger partial charge in [-0.1, -0.05) is 24.4 Å². The first-order valence-corrected chi connectivity index (χ1v) is 7.73. The summed E-state index contributed by atoms with van der Waals surface area (Å²) >= 11 is 0. The molecule has 4 nitrogen and oxygen atoms in total. The predicted molar refractivity (Wildman–Crippen MR) is 80.8 cm³/mol. The Morgan fingerprint density at radius 3 is 2.68 bits per heavy atom. The second-order valence-electron chi connectivity index (χ2n) is 5.80. The van der Waals surface area contributed by atoms with Gasteiger partial charge in [-0.05, 0) is 43.0 Å². The van der Waals surface area contributed by atoms with Crippen LogP contribution in [-0.2, 0) is 0 Å². The van der Waals surface area contributed by atoms with E-state index in [-0.39, 0.29) is 17.4 Å². The average molecular weight is 302 g/mol. The molecule has 1 N–H and O–H groups in total. The molecule has 1 saturated carbocycles. The van der Waals surface area contributed by atoms with Gasteiger partial charge in [0.1, 0.15) is 5.82 Å². The van der Waals surface area contributed by atoms with Crippen molar-refractivity contribution in [3.8, 4) is 11.3 Å². The summed E-state index contributed by atoms with van der Waals surface area (Å²) in [6.07, 6.45) is 6.16. The van der Waals surface area contributed by atoms with Crippen molar-refractivity contribution in [2.75, 3.05) is 6.54 Å². The van der Waals surface area contributed by atoms with E-state index in [9.17, 15) is 9.18 Å². The molecule has 116 valence electrons. The highest BCUT2D eigenvalue weighted by atomic mass is 19.1. The number of halogens is 1. The van der Waals surface area contributed by atoms with Crippen LogP contribution in [0.25, 0.3) is 11.3 Å². The summed E-state index contributed by atoms with van der Waals surface area (Å²) in [4.78, 5) is 12.1. The van der Waals surface area contributed by atoms with Crippen LogP contribution >= 0.6 is 0 Å². The van der Waals surface area contributed by atoms with Gasteiger partial charge in [0.15, 0.2) is 11.5 Å². The van der Waals surface area contributed by atoms with Gasteiger partial charge in [0.2, 0.25) is 0 Å². The van der Waals surface area contributed by atoms with E-state index in [4.69, 9.17) is 4.52 Å². The number of carbonyl (C=O) groups is 1. The van der Waals surface area contributed by atoms with Gasteiger partial charge in [0, 0.05) is 18.2 Å². The Morgan fingerprint density at radius 2 is 1.95 bits per heavy atom. The van der Waals surface area contributed by atoms with Crippen LogP contribution in [0.4, 0.5) is 4.39 Å². The van der Waals surface area contributed by atoms with Crippen molar-refractivity contribution in [3.63, 3.8) is 0 Å². The lowest BCUT2D eigenvalue weighted by Crippen LogP contribution is -2.30. The number of nitrogens with zero attached hydrogens (tertiary/aromatic N) is 1. The van der Waals surface area contributed by atoms with E-state index < -0.39 is 0 Å². The second kappa shape index (κ2) is 6.73. The Morgan fingerprint density at radius 1 is 1.23 bits per heavy atom. The quantitative estimate of drug-likeness (QED) is 0.935.